The molecular weight excluding hydrogens is 486 g/mol. The van der Waals surface area contributed by atoms with Crippen LogP contribution in [0.4, 0.5) is 11.4 Å². The van der Waals surface area contributed by atoms with Gasteiger partial charge < -0.3 is 9.64 Å². The Labute approximate surface area is 211 Å². The number of hydrogen-bond acceptors (Lipinski definition) is 6. The van der Waals surface area contributed by atoms with Crippen LogP contribution >= 0.6 is 11.6 Å². The lowest BCUT2D eigenvalue weighted by atomic mass is 9.85. The van der Waals surface area contributed by atoms with Crippen LogP contribution in [0.3, 0.4) is 0 Å². The number of nitro benzene ring substituents is 1. The maximum absolute atomic E-state index is 13.6. The first kappa shape index (κ1) is 23.5. The lowest BCUT2D eigenvalue weighted by molar-refractivity contribution is -0.385. The predicted molar refractivity (Wildman–Crippen MR) is 131 cm³/mol. The van der Waals surface area contributed by atoms with E-state index in [2.05, 4.69) is 0 Å². The second-order valence-corrected chi connectivity index (χ2v) is 8.90. The molecule has 10 heteroatoms. The molecule has 3 aromatic carbocycles. The van der Waals surface area contributed by atoms with Crippen LogP contribution in [0.5, 0.6) is 5.75 Å². The fourth-order valence-electron chi connectivity index (χ4n) is 4.79. The minimum atomic E-state index is -1.19. The Balaban J connectivity index is 1.61. The zero-order valence-corrected chi connectivity index (χ0v) is 20.1. The van der Waals surface area contributed by atoms with E-state index >= 15 is 0 Å². The van der Waals surface area contributed by atoms with Gasteiger partial charge in [0.15, 0.2) is 0 Å². The lowest BCUT2D eigenvalue weighted by Crippen LogP contribution is -2.67. The van der Waals surface area contributed by atoms with Gasteiger partial charge in [-0.25, -0.2) is 0 Å². The molecule has 1 fully saturated rings. The third-order valence-electron chi connectivity index (χ3n) is 6.43. The second-order valence-electron chi connectivity index (χ2n) is 8.47. The second kappa shape index (κ2) is 8.76. The van der Waals surface area contributed by atoms with Gasteiger partial charge >= 0.3 is 0 Å². The molecule has 0 N–H and O–H groups in total. The van der Waals surface area contributed by atoms with Crippen LogP contribution in [-0.4, -0.2) is 40.2 Å². The number of β-lactam (4-membered cyclic amide) rings is 1. The molecule has 0 aromatic heterocycles. The largest absolute Gasteiger partial charge is 0.494 e. The Hall–Kier alpha value is -4.24. The van der Waals surface area contributed by atoms with Gasteiger partial charge in [-0.15, -0.1) is 0 Å². The van der Waals surface area contributed by atoms with Crippen molar-refractivity contribution in [3.63, 3.8) is 0 Å². The highest BCUT2D eigenvalue weighted by atomic mass is 35.5. The Bertz CT molecular complexity index is 1440. The number of hydrogen-bond donors (Lipinski definition) is 0. The molecule has 1 saturated heterocycles. The van der Waals surface area contributed by atoms with Gasteiger partial charge in [0.1, 0.15) is 17.4 Å². The summed E-state index contributed by atoms with van der Waals surface area (Å²) in [5.74, 6) is -1.46. The fraction of sp³-hybridized carbons (Fsp3) is 0.192. The SMILES string of the molecule is CCOc1ccc([C@H]2[C@@H](N3C(=O)c4cccc([N+](=O)[O-])c4C3=O)C(=O)N2c2cc(Cl)ccc2C)cc1. The number of carbonyl (C=O) groups excluding carboxylic acids is 3. The Morgan fingerprint density at radius 3 is 2.36 bits per heavy atom. The predicted octanol–water partition coefficient (Wildman–Crippen LogP) is 4.71. The summed E-state index contributed by atoms with van der Waals surface area (Å²) in [7, 11) is 0. The van der Waals surface area contributed by atoms with Gasteiger partial charge in [-0.3, -0.25) is 29.4 Å². The number of rotatable bonds is 6. The maximum atomic E-state index is 13.6. The summed E-state index contributed by atoms with van der Waals surface area (Å²) < 4.78 is 5.52. The van der Waals surface area contributed by atoms with E-state index in [4.69, 9.17) is 16.3 Å². The van der Waals surface area contributed by atoms with E-state index in [-0.39, 0.29) is 11.1 Å². The molecule has 36 heavy (non-hydrogen) atoms. The van der Waals surface area contributed by atoms with Gasteiger partial charge in [0.2, 0.25) is 0 Å². The van der Waals surface area contributed by atoms with Crippen molar-refractivity contribution in [2.24, 2.45) is 0 Å². The summed E-state index contributed by atoms with van der Waals surface area (Å²) in [5, 5.41) is 12.0. The van der Waals surface area contributed by atoms with Crippen LogP contribution in [0.25, 0.3) is 0 Å². The minimum absolute atomic E-state index is 0.0928. The van der Waals surface area contributed by atoms with Crippen LogP contribution in [0.2, 0.25) is 5.02 Å². The summed E-state index contributed by atoms with van der Waals surface area (Å²) in [4.78, 5) is 53.5. The summed E-state index contributed by atoms with van der Waals surface area (Å²) >= 11 is 6.22. The van der Waals surface area contributed by atoms with Crippen molar-refractivity contribution in [2.75, 3.05) is 11.5 Å². The first-order valence-electron chi connectivity index (χ1n) is 11.2. The van der Waals surface area contributed by atoms with Gasteiger partial charge in [0.25, 0.3) is 23.4 Å². The number of nitrogens with zero attached hydrogens (tertiary/aromatic N) is 3. The van der Waals surface area contributed by atoms with Gasteiger partial charge in [-0.05, 0) is 55.3 Å². The number of fused-ring (bicyclic) bond motifs is 1. The zero-order chi connectivity index (χ0) is 25.7. The van der Waals surface area contributed by atoms with Crippen LogP contribution in [0, 0.1) is 17.0 Å². The molecule has 0 bridgehead atoms. The molecule has 0 radical (unpaired) electrons. The third-order valence-corrected chi connectivity index (χ3v) is 6.67. The molecule has 182 valence electrons. The van der Waals surface area contributed by atoms with E-state index < -0.39 is 40.4 Å². The number of benzene rings is 3. The molecule has 0 unspecified atom stereocenters. The monoisotopic (exact) mass is 505 g/mol. The van der Waals surface area contributed by atoms with Crippen molar-refractivity contribution >= 4 is 40.7 Å². The molecule has 2 atom stereocenters. The number of aryl methyl sites for hydroxylation is 1. The quantitative estimate of drug-likeness (QED) is 0.208. The Kier molecular flexibility index (Phi) is 5.72. The smallest absolute Gasteiger partial charge is 0.282 e. The molecule has 2 heterocycles. The normalized spacial score (nSPS) is 18.8. The Morgan fingerprint density at radius 2 is 1.69 bits per heavy atom. The van der Waals surface area contributed by atoms with Gasteiger partial charge in [0, 0.05) is 16.8 Å². The zero-order valence-electron chi connectivity index (χ0n) is 19.3. The number of nitro groups is 1. The van der Waals surface area contributed by atoms with Crippen molar-refractivity contribution < 1.29 is 24.0 Å². The van der Waals surface area contributed by atoms with Crippen LogP contribution in [-0.2, 0) is 4.79 Å². The number of carbonyl (C=O) groups is 3. The highest BCUT2D eigenvalue weighted by Crippen LogP contribution is 2.46. The molecule has 9 nitrogen and oxygen atoms in total. The highest BCUT2D eigenvalue weighted by molar-refractivity contribution is 6.31. The van der Waals surface area contributed by atoms with E-state index in [0.717, 1.165) is 10.5 Å². The van der Waals surface area contributed by atoms with E-state index in [9.17, 15) is 24.5 Å². The molecule has 5 rings (SSSR count). The number of halogens is 1. The van der Waals surface area contributed by atoms with Crippen molar-refractivity contribution in [1.82, 2.24) is 4.90 Å². The van der Waals surface area contributed by atoms with Crippen LogP contribution in [0.15, 0.2) is 60.7 Å². The molecule has 0 saturated carbocycles. The van der Waals surface area contributed by atoms with Crippen LogP contribution < -0.4 is 9.64 Å². The van der Waals surface area contributed by atoms with Crippen molar-refractivity contribution in [1.29, 1.82) is 0 Å². The van der Waals surface area contributed by atoms with Gasteiger partial charge in [-0.2, -0.15) is 0 Å². The van der Waals surface area contributed by atoms with E-state index in [1.807, 2.05) is 13.8 Å². The topological polar surface area (TPSA) is 110 Å². The summed E-state index contributed by atoms with van der Waals surface area (Å²) in [6.45, 7) is 4.16. The fourth-order valence-corrected chi connectivity index (χ4v) is 4.95. The minimum Gasteiger partial charge on any atom is -0.494 e. The summed E-state index contributed by atoms with van der Waals surface area (Å²) in [6, 6.07) is 14.1. The summed E-state index contributed by atoms with van der Waals surface area (Å²) in [6.07, 6.45) is 0. The van der Waals surface area contributed by atoms with Gasteiger partial charge in [0.05, 0.1) is 23.1 Å². The number of ether oxygens (including phenoxy) is 1. The maximum Gasteiger partial charge on any atom is 0.282 e. The van der Waals surface area contributed by atoms with E-state index in [0.29, 0.717) is 28.6 Å². The van der Waals surface area contributed by atoms with Crippen molar-refractivity contribution in [3.05, 3.63) is 98.1 Å². The molecule has 2 aliphatic heterocycles. The average molecular weight is 506 g/mol. The van der Waals surface area contributed by atoms with Crippen LogP contribution in [0.1, 0.15) is 44.8 Å². The first-order valence-corrected chi connectivity index (χ1v) is 11.6. The van der Waals surface area contributed by atoms with E-state index in [1.54, 1.807) is 42.5 Å². The molecule has 0 aliphatic carbocycles. The third kappa shape index (κ3) is 3.51. The van der Waals surface area contributed by atoms with Crippen molar-refractivity contribution in [2.45, 2.75) is 25.9 Å². The molecule has 2 aliphatic rings. The number of imide groups is 1. The molecule has 3 aromatic rings. The molecule has 3 amide bonds. The average Bonchev–Trinajstić information content (AvgIpc) is 3.10. The highest BCUT2D eigenvalue weighted by Gasteiger charge is 2.58. The van der Waals surface area contributed by atoms with Crippen molar-refractivity contribution in [3.8, 4) is 5.75 Å². The van der Waals surface area contributed by atoms with Gasteiger partial charge in [-0.1, -0.05) is 35.9 Å². The lowest BCUT2D eigenvalue weighted by Gasteiger charge is -2.50. The molecular formula is C26H20ClN3O6. The van der Waals surface area contributed by atoms with E-state index in [1.165, 1.54) is 23.1 Å². The number of anilines is 1. The number of amides is 3. The summed E-state index contributed by atoms with van der Waals surface area (Å²) in [5.41, 5.74) is 1.12. The first-order chi connectivity index (χ1) is 17.2. The molecule has 0 spiro atoms. The Morgan fingerprint density at radius 1 is 0.972 bits per heavy atom. The standard InChI is InChI=1S/C26H20ClN3O6/c1-3-36-17-11-8-15(9-12-17)22-23(26(33)28(22)20-13-16(27)10-7-14(20)2)29-24(31)18-5-4-6-19(30(34)35)21(18)25(29)32/h4-13,22-23H,3H2,1-2H3/t22-,23+/m0/s1.